The summed E-state index contributed by atoms with van der Waals surface area (Å²) in [6.45, 7) is 1.63. The number of benzene rings is 2. The van der Waals surface area contributed by atoms with Crippen molar-refractivity contribution in [3.05, 3.63) is 96.3 Å². The Hall–Kier alpha value is -5.23. The van der Waals surface area contributed by atoms with Gasteiger partial charge in [0.05, 0.1) is 36.8 Å². The number of ether oxygens (including phenoxy) is 1. The number of nitrogens with one attached hydrogen (secondary N) is 5. The van der Waals surface area contributed by atoms with Crippen LogP contribution in [-0.4, -0.2) is 69.2 Å². The predicted molar refractivity (Wildman–Crippen MR) is 173 cm³/mol. The summed E-state index contributed by atoms with van der Waals surface area (Å²) in [6, 6.07) is 16.7. The zero-order valence-corrected chi connectivity index (χ0v) is 25.6. The van der Waals surface area contributed by atoms with Crippen molar-refractivity contribution in [1.29, 1.82) is 0 Å². The highest BCUT2D eigenvalue weighted by atomic mass is 16.5. The lowest BCUT2D eigenvalue weighted by molar-refractivity contribution is -0.134. The van der Waals surface area contributed by atoms with Gasteiger partial charge < -0.3 is 35.9 Å². The van der Waals surface area contributed by atoms with E-state index in [9.17, 15) is 9.59 Å². The number of hydrogen-bond acceptors (Lipinski definition) is 9. The molecule has 0 spiro atoms. The van der Waals surface area contributed by atoms with Gasteiger partial charge in [0.25, 0.3) is 0 Å². The van der Waals surface area contributed by atoms with Gasteiger partial charge in [0.2, 0.25) is 5.91 Å². The molecule has 3 aliphatic heterocycles. The number of amides is 2. The van der Waals surface area contributed by atoms with E-state index < -0.39 is 12.1 Å². The summed E-state index contributed by atoms with van der Waals surface area (Å²) in [6.07, 6.45) is 10.6. The number of hydrogen-bond donors (Lipinski definition) is 5. The second-order valence-electron chi connectivity index (χ2n) is 11.8. The molecule has 5 heterocycles. The van der Waals surface area contributed by atoms with Crippen LogP contribution in [0, 0.1) is 0 Å². The first-order valence-electron chi connectivity index (χ1n) is 15.7. The van der Waals surface area contributed by atoms with Crippen molar-refractivity contribution in [2.75, 3.05) is 20.2 Å². The standard InChI is InChI=1S/C34H37N9O3/c1-46-34(45)42-29(22-7-3-2-4-8-22)33(44)43-16-6-10-28(43)32-39-19-26(41-32)21-11-13-23(14-12-21)30-36-17-24(18-37-30)27-20-38-31(40-27)25-9-5-15-35-25/h2-4,7-8,11-14,17-20,25,28-29,32,35,39,41H,5-6,9-10,15-16H2,1H3,(H,38,40)(H,42,45)/t25-,28-,29+,32?/m0/s1. The summed E-state index contributed by atoms with van der Waals surface area (Å²) in [5, 5.41) is 13.2. The zero-order valence-electron chi connectivity index (χ0n) is 25.6. The summed E-state index contributed by atoms with van der Waals surface area (Å²) in [7, 11) is 1.29. The second-order valence-corrected chi connectivity index (χ2v) is 11.8. The number of aromatic amines is 1. The fourth-order valence-corrected chi connectivity index (χ4v) is 6.48. The summed E-state index contributed by atoms with van der Waals surface area (Å²) < 4.78 is 4.81. The molecule has 0 radical (unpaired) electrons. The molecular formula is C34H37N9O3. The molecule has 2 fully saturated rings. The third-order valence-corrected chi connectivity index (χ3v) is 8.92. The van der Waals surface area contributed by atoms with Gasteiger partial charge in [-0.25, -0.2) is 19.7 Å². The summed E-state index contributed by atoms with van der Waals surface area (Å²) in [5.74, 6) is 1.44. The third-order valence-electron chi connectivity index (χ3n) is 8.92. The molecule has 7 rings (SSSR count). The molecule has 2 amide bonds. The Bertz CT molecular complexity index is 1700. The minimum absolute atomic E-state index is 0.0986. The smallest absolute Gasteiger partial charge is 0.407 e. The van der Waals surface area contributed by atoms with Crippen LogP contribution in [0.1, 0.15) is 54.7 Å². The van der Waals surface area contributed by atoms with Crippen LogP contribution < -0.4 is 21.3 Å². The van der Waals surface area contributed by atoms with E-state index >= 15 is 0 Å². The van der Waals surface area contributed by atoms with Crippen LogP contribution >= 0.6 is 0 Å². The molecule has 1 unspecified atom stereocenters. The van der Waals surface area contributed by atoms with Gasteiger partial charge >= 0.3 is 6.09 Å². The number of carbonyl (C=O) groups is 2. The lowest BCUT2D eigenvalue weighted by Crippen LogP contribution is -2.54. The highest BCUT2D eigenvalue weighted by Crippen LogP contribution is 2.29. The van der Waals surface area contributed by atoms with Gasteiger partial charge in [-0.2, -0.15) is 0 Å². The highest BCUT2D eigenvalue weighted by Gasteiger charge is 2.40. The van der Waals surface area contributed by atoms with Gasteiger partial charge in [0, 0.05) is 36.3 Å². The van der Waals surface area contributed by atoms with Crippen molar-refractivity contribution >= 4 is 17.7 Å². The van der Waals surface area contributed by atoms with E-state index in [-0.39, 0.29) is 24.2 Å². The molecule has 236 valence electrons. The number of alkyl carbamates (subject to hydrolysis) is 1. The van der Waals surface area contributed by atoms with Crippen LogP contribution in [0.2, 0.25) is 0 Å². The average Bonchev–Trinajstić information content (AvgIpc) is 3.94. The number of aromatic nitrogens is 4. The third kappa shape index (κ3) is 6.03. The van der Waals surface area contributed by atoms with Crippen molar-refractivity contribution in [1.82, 2.24) is 46.1 Å². The van der Waals surface area contributed by atoms with Gasteiger partial charge in [-0.15, -0.1) is 0 Å². The van der Waals surface area contributed by atoms with Gasteiger partial charge in [0.15, 0.2) is 5.82 Å². The Kier molecular flexibility index (Phi) is 8.34. The van der Waals surface area contributed by atoms with Gasteiger partial charge in [0.1, 0.15) is 18.0 Å². The van der Waals surface area contributed by atoms with Crippen LogP contribution in [0.25, 0.3) is 28.3 Å². The first-order chi connectivity index (χ1) is 22.6. The number of methoxy groups -OCH3 is 1. The molecule has 5 N–H and O–H groups in total. The Balaban J connectivity index is 0.994. The summed E-state index contributed by atoms with van der Waals surface area (Å²) in [4.78, 5) is 45.0. The van der Waals surface area contributed by atoms with Gasteiger partial charge in [-0.3, -0.25) is 4.79 Å². The van der Waals surface area contributed by atoms with E-state index in [1.165, 1.54) is 7.11 Å². The maximum atomic E-state index is 13.8. The topological polar surface area (TPSA) is 149 Å². The number of rotatable bonds is 8. The first kappa shape index (κ1) is 29.5. The molecule has 12 heteroatoms. The fourth-order valence-electron chi connectivity index (χ4n) is 6.48. The van der Waals surface area contributed by atoms with Crippen molar-refractivity contribution in [3.8, 4) is 22.6 Å². The predicted octanol–water partition coefficient (Wildman–Crippen LogP) is 3.86. The number of nitrogens with zero attached hydrogens (tertiary/aromatic N) is 4. The first-order valence-corrected chi connectivity index (χ1v) is 15.7. The molecule has 46 heavy (non-hydrogen) atoms. The van der Waals surface area contributed by atoms with Crippen LogP contribution in [-0.2, 0) is 9.53 Å². The van der Waals surface area contributed by atoms with E-state index in [0.717, 1.165) is 66.1 Å². The summed E-state index contributed by atoms with van der Waals surface area (Å²) in [5.41, 5.74) is 5.37. The monoisotopic (exact) mass is 619 g/mol. The maximum absolute atomic E-state index is 13.8. The Morgan fingerprint density at radius 1 is 0.935 bits per heavy atom. The van der Waals surface area contributed by atoms with Gasteiger partial charge in [-0.05, 0) is 43.4 Å². The minimum Gasteiger partial charge on any atom is -0.453 e. The molecule has 4 aromatic rings. The molecule has 2 saturated heterocycles. The molecule has 0 aliphatic carbocycles. The van der Waals surface area contributed by atoms with Gasteiger partial charge in [-0.1, -0.05) is 54.6 Å². The van der Waals surface area contributed by atoms with Crippen LogP contribution in [0.3, 0.4) is 0 Å². The SMILES string of the molecule is COC(=O)N[C@@H](C(=O)N1CCC[C@H]1C1NC=C(c2ccc(-c3ncc(-c4cnc([C@@H]5CCCN5)[nH]4)cn3)cc2)N1)c1ccccc1. The zero-order chi connectivity index (χ0) is 31.5. The molecule has 2 aromatic carbocycles. The number of likely N-dealkylation sites (tertiary alicyclic amines) is 1. The van der Waals surface area contributed by atoms with Crippen LogP contribution in [0.5, 0.6) is 0 Å². The van der Waals surface area contributed by atoms with E-state index in [4.69, 9.17) is 4.74 Å². The molecule has 0 saturated carbocycles. The second kappa shape index (κ2) is 13.0. The normalized spacial score (nSPS) is 21.3. The molecule has 12 nitrogen and oxygen atoms in total. The molecule has 0 bridgehead atoms. The highest BCUT2D eigenvalue weighted by molar-refractivity contribution is 5.87. The Morgan fingerprint density at radius 3 is 2.46 bits per heavy atom. The molecule has 3 aliphatic rings. The van der Waals surface area contributed by atoms with Crippen molar-refractivity contribution in [2.45, 2.75) is 50.0 Å². The van der Waals surface area contributed by atoms with E-state index in [1.54, 1.807) is 0 Å². The number of H-pyrrole nitrogens is 1. The number of imidazole rings is 1. The summed E-state index contributed by atoms with van der Waals surface area (Å²) >= 11 is 0. The quantitative estimate of drug-likeness (QED) is 0.198. The van der Waals surface area contributed by atoms with E-state index in [0.29, 0.717) is 17.9 Å². The van der Waals surface area contributed by atoms with E-state index in [2.05, 4.69) is 41.2 Å². The van der Waals surface area contributed by atoms with E-state index in [1.807, 2.05) is 84.3 Å². The maximum Gasteiger partial charge on any atom is 0.407 e. The average molecular weight is 620 g/mol. The largest absolute Gasteiger partial charge is 0.453 e. The number of carbonyl (C=O) groups excluding carboxylic acids is 2. The fraction of sp³-hybridized carbons (Fsp3) is 0.324. The Labute approximate surface area is 267 Å². The molecular weight excluding hydrogens is 582 g/mol. The van der Waals surface area contributed by atoms with Crippen molar-refractivity contribution in [3.63, 3.8) is 0 Å². The molecule has 2 aromatic heterocycles. The van der Waals surface area contributed by atoms with Crippen molar-refractivity contribution in [2.24, 2.45) is 0 Å². The van der Waals surface area contributed by atoms with Crippen molar-refractivity contribution < 1.29 is 14.3 Å². The lowest BCUT2D eigenvalue weighted by Gasteiger charge is -2.33. The van der Waals surface area contributed by atoms with Crippen LogP contribution in [0.4, 0.5) is 4.79 Å². The Morgan fingerprint density at radius 2 is 1.72 bits per heavy atom. The molecule has 4 atom stereocenters. The lowest BCUT2D eigenvalue weighted by atomic mass is 10.0. The van der Waals surface area contributed by atoms with Crippen LogP contribution in [0.15, 0.2) is 79.4 Å². The minimum atomic E-state index is -0.835.